The van der Waals surface area contributed by atoms with Gasteiger partial charge in [0.05, 0.1) is 5.69 Å². The van der Waals surface area contributed by atoms with Gasteiger partial charge in [-0.15, -0.1) is 0 Å². The largest absolute Gasteiger partial charge is 0.321 e. The summed E-state index contributed by atoms with van der Waals surface area (Å²) >= 11 is 0. The first-order valence-corrected chi connectivity index (χ1v) is 6.79. The average Bonchev–Trinajstić information content (AvgIpc) is 2.77. The Kier molecular flexibility index (Phi) is 3.76. The van der Waals surface area contributed by atoms with Crippen LogP contribution in [0, 0.1) is 6.92 Å². The number of nitrogens with zero attached hydrogens (tertiary/aromatic N) is 2. The minimum atomic E-state index is -0.387. The first-order chi connectivity index (χ1) is 8.90. The summed E-state index contributed by atoms with van der Waals surface area (Å²) < 4.78 is 1.98. The maximum absolute atomic E-state index is 6.51. The molecule has 1 atom stereocenters. The molecular formula is C16H23N3. The van der Waals surface area contributed by atoms with Crippen LogP contribution >= 0.6 is 0 Å². The van der Waals surface area contributed by atoms with E-state index in [0.29, 0.717) is 6.04 Å². The van der Waals surface area contributed by atoms with Gasteiger partial charge in [-0.3, -0.25) is 4.68 Å². The molecule has 0 aliphatic carbocycles. The summed E-state index contributed by atoms with van der Waals surface area (Å²) in [5.74, 6) is 0. The van der Waals surface area contributed by atoms with Crippen LogP contribution in [0.15, 0.2) is 36.5 Å². The quantitative estimate of drug-likeness (QED) is 0.914. The monoisotopic (exact) mass is 257 g/mol. The lowest BCUT2D eigenvalue weighted by molar-refractivity contribution is 0.467. The molecule has 2 aromatic rings. The maximum Gasteiger partial charge on any atom is 0.0646 e. The molecular weight excluding hydrogens is 234 g/mol. The molecule has 1 aromatic heterocycles. The lowest BCUT2D eigenvalue weighted by Gasteiger charge is -2.26. The van der Waals surface area contributed by atoms with Crippen LogP contribution in [-0.2, 0) is 12.0 Å². The van der Waals surface area contributed by atoms with Crippen LogP contribution in [0.4, 0.5) is 0 Å². The normalized spacial score (nSPS) is 14.6. The van der Waals surface area contributed by atoms with Gasteiger partial charge in [-0.05, 0) is 44.9 Å². The Labute approximate surface area is 115 Å². The number of nitrogens with two attached hydrogens (primary N) is 1. The van der Waals surface area contributed by atoms with Crippen LogP contribution in [0.25, 0.3) is 0 Å². The standard InChI is InChI=1S/C16H23N3/c1-12(2)19-10-9-14(18-19)11-16(4,17)15-8-6-5-7-13(15)3/h5-10,12H,11,17H2,1-4H3. The van der Waals surface area contributed by atoms with Crippen LogP contribution < -0.4 is 5.73 Å². The van der Waals surface area contributed by atoms with E-state index in [2.05, 4.69) is 51.0 Å². The van der Waals surface area contributed by atoms with Crippen molar-refractivity contribution in [2.24, 2.45) is 5.73 Å². The molecule has 0 bridgehead atoms. The first-order valence-electron chi connectivity index (χ1n) is 6.79. The van der Waals surface area contributed by atoms with Crippen molar-refractivity contribution >= 4 is 0 Å². The van der Waals surface area contributed by atoms with Crippen LogP contribution in [0.2, 0.25) is 0 Å². The highest BCUT2D eigenvalue weighted by Crippen LogP contribution is 2.25. The van der Waals surface area contributed by atoms with Gasteiger partial charge in [0.25, 0.3) is 0 Å². The number of aryl methyl sites for hydroxylation is 1. The number of hydrogen-bond donors (Lipinski definition) is 1. The topological polar surface area (TPSA) is 43.8 Å². The SMILES string of the molecule is Cc1ccccc1C(C)(N)Cc1ccn(C(C)C)n1. The van der Waals surface area contributed by atoms with Crippen LogP contribution in [0.5, 0.6) is 0 Å². The third-order valence-electron chi connectivity index (χ3n) is 3.50. The number of hydrogen-bond acceptors (Lipinski definition) is 2. The van der Waals surface area contributed by atoms with Crippen molar-refractivity contribution in [3.8, 4) is 0 Å². The lowest BCUT2D eigenvalue weighted by Crippen LogP contribution is -2.36. The molecule has 1 unspecified atom stereocenters. The molecule has 3 nitrogen and oxygen atoms in total. The van der Waals surface area contributed by atoms with Crippen molar-refractivity contribution in [3.05, 3.63) is 53.3 Å². The summed E-state index contributed by atoms with van der Waals surface area (Å²) in [4.78, 5) is 0. The average molecular weight is 257 g/mol. The highest BCUT2D eigenvalue weighted by molar-refractivity contribution is 5.33. The molecule has 0 amide bonds. The fourth-order valence-corrected chi connectivity index (χ4v) is 2.44. The Morgan fingerprint density at radius 1 is 1.26 bits per heavy atom. The predicted octanol–water partition coefficient (Wildman–Crippen LogP) is 3.19. The molecule has 0 fully saturated rings. The van der Waals surface area contributed by atoms with E-state index >= 15 is 0 Å². The van der Waals surface area contributed by atoms with Crippen molar-refractivity contribution in [1.29, 1.82) is 0 Å². The van der Waals surface area contributed by atoms with Gasteiger partial charge >= 0.3 is 0 Å². The summed E-state index contributed by atoms with van der Waals surface area (Å²) in [6.45, 7) is 8.43. The Morgan fingerprint density at radius 3 is 2.53 bits per heavy atom. The third kappa shape index (κ3) is 3.04. The number of benzene rings is 1. The van der Waals surface area contributed by atoms with Gasteiger partial charge in [0.2, 0.25) is 0 Å². The molecule has 0 aliphatic heterocycles. The van der Waals surface area contributed by atoms with E-state index in [1.807, 2.05) is 23.0 Å². The van der Waals surface area contributed by atoms with Gasteiger partial charge < -0.3 is 5.73 Å². The number of rotatable bonds is 4. The summed E-state index contributed by atoms with van der Waals surface area (Å²) in [7, 11) is 0. The second kappa shape index (κ2) is 5.17. The van der Waals surface area contributed by atoms with Crippen LogP contribution in [0.3, 0.4) is 0 Å². The van der Waals surface area contributed by atoms with Crippen molar-refractivity contribution in [1.82, 2.24) is 9.78 Å². The van der Waals surface area contributed by atoms with Crippen LogP contribution in [-0.4, -0.2) is 9.78 Å². The van der Waals surface area contributed by atoms with E-state index in [0.717, 1.165) is 12.1 Å². The Morgan fingerprint density at radius 2 is 1.95 bits per heavy atom. The molecule has 0 aliphatic rings. The van der Waals surface area contributed by atoms with Gasteiger partial charge in [-0.2, -0.15) is 5.10 Å². The van der Waals surface area contributed by atoms with E-state index in [1.54, 1.807) is 0 Å². The van der Waals surface area contributed by atoms with E-state index in [9.17, 15) is 0 Å². The highest BCUT2D eigenvalue weighted by Gasteiger charge is 2.24. The molecule has 0 saturated heterocycles. The van der Waals surface area contributed by atoms with Gasteiger partial charge in [0.15, 0.2) is 0 Å². The van der Waals surface area contributed by atoms with Crippen molar-refractivity contribution in [2.75, 3.05) is 0 Å². The molecule has 19 heavy (non-hydrogen) atoms. The maximum atomic E-state index is 6.51. The smallest absolute Gasteiger partial charge is 0.0646 e. The summed E-state index contributed by atoms with van der Waals surface area (Å²) in [6.07, 6.45) is 2.77. The Bertz CT molecular complexity index is 553. The zero-order valence-electron chi connectivity index (χ0n) is 12.2. The lowest BCUT2D eigenvalue weighted by atomic mass is 9.86. The Hall–Kier alpha value is -1.61. The molecule has 3 heteroatoms. The fraction of sp³-hybridized carbons (Fsp3) is 0.438. The predicted molar refractivity (Wildman–Crippen MR) is 79.0 cm³/mol. The van der Waals surface area contributed by atoms with E-state index in [4.69, 9.17) is 5.73 Å². The van der Waals surface area contributed by atoms with Gasteiger partial charge in [0.1, 0.15) is 0 Å². The minimum Gasteiger partial charge on any atom is -0.321 e. The molecule has 0 radical (unpaired) electrons. The van der Waals surface area contributed by atoms with E-state index in [-0.39, 0.29) is 5.54 Å². The molecule has 2 rings (SSSR count). The number of aromatic nitrogens is 2. The van der Waals surface area contributed by atoms with Gasteiger partial charge in [0, 0.05) is 24.2 Å². The zero-order valence-corrected chi connectivity index (χ0v) is 12.2. The second-order valence-electron chi connectivity index (χ2n) is 5.79. The molecule has 1 aromatic carbocycles. The second-order valence-corrected chi connectivity index (χ2v) is 5.79. The van der Waals surface area contributed by atoms with E-state index in [1.165, 1.54) is 11.1 Å². The highest BCUT2D eigenvalue weighted by atomic mass is 15.3. The molecule has 2 N–H and O–H groups in total. The van der Waals surface area contributed by atoms with Crippen molar-refractivity contribution in [3.63, 3.8) is 0 Å². The summed E-state index contributed by atoms with van der Waals surface area (Å²) in [6, 6.07) is 10.7. The summed E-state index contributed by atoms with van der Waals surface area (Å²) in [5, 5.41) is 4.59. The Balaban J connectivity index is 2.23. The molecule has 102 valence electrons. The first kappa shape index (κ1) is 13.8. The fourth-order valence-electron chi connectivity index (χ4n) is 2.44. The minimum absolute atomic E-state index is 0.385. The van der Waals surface area contributed by atoms with E-state index < -0.39 is 0 Å². The summed E-state index contributed by atoms with van der Waals surface area (Å²) in [5.41, 5.74) is 9.58. The van der Waals surface area contributed by atoms with Gasteiger partial charge in [-0.1, -0.05) is 24.3 Å². The van der Waals surface area contributed by atoms with Gasteiger partial charge in [-0.25, -0.2) is 0 Å². The zero-order chi connectivity index (χ0) is 14.0. The van der Waals surface area contributed by atoms with Crippen molar-refractivity contribution in [2.45, 2.75) is 45.7 Å². The molecule has 1 heterocycles. The molecule has 0 spiro atoms. The third-order valence-corrected chi connectivity index (χ3v) is 3.50. The van der Waals surface area contributed by atoms with Crippen LogP contribution in [0.1, 0.15) is 43.6 Å². The molecule has 0 saturated carbocycles. The van der Waals surface area contributed by atoms with Crippen molar-refractivity contribution < 1.29 is 0 Å².